The van der Waals surface area contributed by atoms with Crippen molar-refractivity contribution in [2.75, 3.05) is 6.61 Å². The van der Waals surface area contributed by atoms with Crippen LogP contribution in [0.5, 0.6) is 0 Å². The van der Waals surface area contributed by atoms with Crippen molar-refractivity contribution in [2.45, 2.75) is 39.7 Å². The smallest absolute Gasteiger partial charge is 0.342 e. The van der Waals surface area contributed by atoms with E-state index in [1.54, 1.807) is 19.1 Å². The summed E-state index contributed by atoms with van der Waals surface area (Å²) in [5.74, 6) is -0.684. The molecular weight excluding hydrogens is 382 g/mol. The molecule has 6 nitrogen and oxygen atoms in total. The average molecular weight is 407 g/mol. The lowest BCUT2D eigenvalue weighted by Crippen LogP contribution is -2.35. The Bertz CT molecular complexity index is 1120. The van der Waals surface area contributed by atoms with Crippen molar-refractivity contribution < 1.29 is 18.7 Å². The van der Waals surface area contributed by atoms with Crippen LogP contribution < -0.4 is 10.7 Å². The molecule has 0 aliphatic rings. The van der Waals surface area contributed by atoms with Crippen LogP contribution in [-0.4, -0.2) is 24.5 Å². The third-order valence-electron chi connectivity index (χ3n) is 4.86. The van der Waals surface area contributed by atoms with Gasteiger partial charge in [0.25, 0.3) is 5.91 Å². The van der Waals surface area contributed by atoms with Crippen LogP contribution in [0.3, 0.4) is 0 Å². The first-order valence-corrected chi connectivity index (χ1v) is 10.0. The van der Waals surface area contributed by atoms with E-state index in [4.69, 9.17) is 9.15 Å². The van der Waals surface area contributed by atoms with E-state index in [9.17, 15) is 14.4 Å². The van der Waals surface area contributed by atoms with Crippen molar-refractivity contribution in [1.29, 1.82) is 0 Å². The number of hydrogen-bond donors (Lipinski definition) is 1. The monoisotopic (exact) mass is 407 g/mol. The van der Waals surface area contributed by atoms with Crippen LogP contribution in [0.4, 0.5) is 0 Å². The zero-order valence-electron chi connectivity index (χ0n) is 17.4. The molecule has 0 bridgehead atoms. The molecule has 1 aromatic heterocycles. The lowest BCUT2D eigenvalue weighted by Gasteiger charge is -2.13. The number of benzene rings is 2. The van der Waals surface area contributed by atoms with E-state index >= 15 is 0 Å². The summed E-state index contributed by atoms with van der Waals surface area (Å²) in [5.41, 5.74) is 1.24. The first kappa shape index (κ1) is 21.3. The average Bonchev–Trinajstić information content (AvgIpc) is 2.75. The Balaban J connectivity index is 1.91. The van der Waals surface area contributed by atoms with Crippen molar-refractivity contribution in [3.05, 3.63) is 69.9 Å². The molecule has 0 aliphatic carbocycles. The van der Waals surface area contributed by atoms with Gasteiger partial charge in [-0.2, -0.15) is 0 Å². The van der Waals surface area contributed by atoms with Gasteiger partial charge in [0, 0.05) is 17.2 Å². The number of fused-ring (bicyclic) bond motifs is 1. The van der Waals surface area contributed by atoms with E-state index in [-0.39, 0.29) is 28.5 Å². The fourth-order valence-corrected chi connectivity index (χ4v) is 3.37. The molecule has 1 atom stereocenters. The lowest BCUT2D eigenvalue weighted by molar-refractivity contribution is -0.124. The Morgan fingerprint density at radius 1 is 1.10 bits per heavy atom. The van der Waals surface area contributed by atoms with Gasteiger partial charge in [0.05, 0.1) is 5.39 Å². The highest BCUT2D eigenvalue weighted by Gasteiger charge is 2.20. The summed E-state index contributed by atoms with van der Waals surface area (Å²) >= 11 is 0. The molecule has 0 spiro atoms. The SMILES string of the molecule is CCCC(C)NC(=O)COC(=O)c1cccc2c(=O)c(C)c(-c3ccccc3)oc12. The van der Waals surface area contributed by atoms with Gasteiger partial charge >= 0.3 is 5.97 Å². The zero-order chi connectivity index (χ0) is 21.7. The topological polar surface area (TPSA) is 85.6 Å². The second-order valence-corrected chi connectivity index (χ2v) is 7.27. The van der Waals surface area contributed by atoms with Crippen molar-refractivity contribution in [1.82, 2.24) is 5.32 Å². The van der Waals surface area contributed by atoms with Gasteiger partial charge in [0.1, 0.15) is 11.3 Å². The molecule has 0 fully saturated rings. The van der Waals surface area contributed by atoms with E-state index in [0.29, 0.717) is 16.7 Å². The quantitative estimate of drug-likeness (QED) is 0.593. The number of carbonyl (C=O) groups is 2. The number of ether oxygens (including phenoxy) is 1. The molecule has 156 valence electrons. The number of rotatable bonds is 7. The Morgan fingerprint density at radius 2 is 1.83 bits per heavy atom. The second kappa shape index (κ2) is 9.39. The predicted octanol–water partition coefficient (Wildman–Crippen LogP) is 4.23. The largest absolute Gasteiger partial charge is 0.455 e. The standard InChI is InChI=1S/C24H25NO5/c1-4-9-15(2)25-20(26)14-29-24(28)19-13-8-12-18-21(27)16(3)22(30-23(18)19)17-10-6-5-7-11-17/h5-8,10-13,15H,4,9,14H2,1-3H3,(H,25,26). The van der Waals surface area contributed by atoms with Crippen LogP contribution in [0, 0.1) is 6.92 Å². The minimum absolute atomic E-state index is 0.00758. The first-order chi connectivity index (χ1) is 14.4. The van der Waals surface area contributed by atoms with Crippen molar-refractivity contribution in [3.8, 4) is 11.3 Å². The Hall–Kier alpha value is -3.41. The molecule has 0 saturated carbocycles. The summed E-state index contributed by atoms with van der Waals surface area (Å²) in [6.45, 7) is 5.23. The van der Waals surface area contributed by atoms with Gasteiger partial charge in [-0.05, 0) is 32.4 Å². The van der Waals surface area contributed by atoms with Crippen molar-refractivity contribution >= 4 is 22.8 Å². The lowest BCUT2D eigenvalue weighted by atomic mass is 10.0. The molecule has 0 saturated heterocycles. The zero-order valence-corrected chi connectivity index (χ0v) is 17.4. The molecule has 1 unspecified atom stereocenters. The van der Waals surface area contributed by atoms with E-state index in [2.05, 4.69) is 5.32 Å². The maximum atomic E-state index is 12.9. The second-order valence-electron chi connectivity index (χ2n) is 7.27. The van der Waals surface area contributed by atoms with Crippen LogP contribution in [0.1, 0.15) is 42.6 Å². The first-order valence-electron chi connectivity index (χ1n) is 10.0. The summed E-state index contributed by atoms with van der Waals surface area (Å²) < 4.78 is 11.2. The van der Waals surface area contributed by atoms with Crippen LogP contribution >= 0.6 is 0 Å². The van der Waals surface area contributed by atoms with Gasteiger partial charge in [-0.15, -0.1) is 0 Å². The summed E-state index contributed by atoms with van der Waals surface area (Å²) in [4.78, 5) is 37.5. The number of esters is 1. The van der Waals surface area contributed by atoms with Gasteiger partial charge in [0.2, 0.25) is 0 Å². The van der Waals surface area contributed by atoms with E-state index < -0.39 is 12.6 Å². The fraction of sp³-hybridized carbons (Fsp3) is 0.292. The van der Waals surface area contributed by atoms with Crippen molar-refractivity contribution in [2.24, 2.45) is 0 Å². The summed E-state index contributed by atoms with van der Waals surface area (Å²) in [7, 11) is 0. The number of hydrogen-bond acceptors (Lipinski definition) is 5. The molecule has 3 rings (SSSR count). The molecule has 1 N–H and O–H groups in total. The number of nitrogens with one attached hydrogen (secondary N) is 1. The van der Waals surface area contributed by atoms with Crippen LogP contribution in [0.2, 0.25) is 0 Å². The molecule has 0 aliphatic heterocycles. The van der Waals surface area contributed by atoms with E-state index in [1.807, 2.05) is 44.2 Å². The van der Waals surface area contributed by atoms with Gasteiger partial charge in [0.15, 0.2) is 17.6 Å². The summed E-state index contributed by atoms with van der Waals surface area (Å²) in [6, 6.07) is 14.0. The van der Waals surface area contributed by atoms with E-state index in [0.717, 1.165) is 18.4 Å². The molecule has 6 heteroatoms. The molecule has 3 aromatic rings. The highest BCUT2D eigenvalue weighted by atomic mass is 16.5. The Morgan fingerprint density at radius 3 is 2.53 bits per heavy atom. The predicted molar refractivity (Wildman–Crippen MR) is 115 cm³/mol. The van der Waals surface area contributed by atoms with Crippen LogP contribution in [0.25, 0.3) is 22.3 Å². The Kier molecular flexibility index (Phi) is 6.67. The summed E-state index contributed by atoms with van der Waals surface area (Å²) in [6.07, 6.45) is 1.79. The minimum Gasteiger partial charge on any atom is -0.455 e. The maximum absolute atomic E-state index is 12.9. The third kappa shape index (κ3) is 4.59. The molecular formula is C24H25NO5. The third-order valence-corrected chi connectivity index (χ3v) is 4.86. The highest BCUT2D eigenvalue weighted by Crippen LogP contribution is 2.27. The van der Waals surface area contributed by atoms with Crippen LogP contribution in [-0.2, 0) is 9.53 Å². The normalized spacial score (nSPS) is 11.8. The maximum Gasteiger partial charge on any atom is 0.342 e. The van der Waals surface area contributed by atoms with Crippen molar-refractivity contribution in [3.63, 3.8) is 0 Å². The Labute approximate surface area is 174 Å². The van der Waals surface area contributed by atoms with Gasteiger partial charge in [-0.25, -0.2) is 4.79 Å². The summed E-state index contributed by atoms with van der Waals surface area (Å²) in [5, 5.41) is 3.08. The van der Waals surface area contributed by atoms with E-state index in [1.165, 1.54) is 6.07 Å². The molecule has 0 radical (unpaired) electrons. The minimum atomic E-state index is -0.718. The highest BCUT2D eigenvalue weighted by molar-refractivity contribution is 6.02. The number of amides is 1. The molecule has 1 heterocycles. The number of para-hydroxylation sites is 1. The molecule has 1 amide bonds. The van der Waals surface area contributed by atoms with Gasteiger partial charge < -0.3 is 14.5 Å². The van der Waals surface area contributed by atoms with Crippen LogP contribution in [0.15, 0.2) is 57.7 Å². The van der Waals surface area contributed by atoms with Gasteiger partial charge in [-0.3, -0.25) is 9.59 Å². The fourth-order valence-electron chi connectivity index (χ4n) is 3.37. The molecule has 30 heavy (non-hydrogen) atoms. The molecule has 2 aromatic carbocycles. The van der Waals surface area contributed by atoms with Gasteiger partial charge in [-0.1, -0.05) is 49.7 Å². The number of carbonyl (C=O) groups excluding carboxylic acids is 2.